The van der Waals surface area contributed by atoms with E-state index in [2.05, 4.69) is 33.2 Å². The molecule has 2 aromatic heterocycles. The number of hydrogen-bond acceptors (Lipinski definition) is 5. The topological polar surface area (TPSA) is 56.1 Å². The highest BCUT2D eigenvalue weighted by molar-refractivity contribution is 5.86. The molecule has 1 aliphatic rings. The van der Waals surface area contributed by atoms with Crippen LogP contribution in [0.3, 0.4) is 0 Å². The molecular formula is C17H19N5O. The van der Waals surface area contributed by atoms with Crippen LogP contribution in [0.2, 0.25) is 0 Å². The van der Waals surface area contributed by atoms with E-state index in [1.807, 2.05) is 30.9 Å². The second-order valence-electron chi connectivity index (χ2n) is 5.78. The summed E-state index contributed by atoms with van der Waals surface area (Å²) in [4.78, 5) is 11.3. The Morgan fingerprint density at radius 1 is 1.13 bits per heavy atom. The van der Waals surface area contributed by atoms with Crippen LogP contribution < -0.4 is 4.90 Å². The molecule has 6 heteroatoms. The first kappa shape index (κ1) is 14.1. The minimum absolute atomic E-state index is 0.730. The van der Waals surface area contributed by atoms with Crippen LogP contribution in [0.15, 0.2) is 30.5 Å². The molecule has 1 fully saturated rings. The summed E-state index contributed by atoms with van der Waals surface area (Å²) in [5, 5.41) is 5.66. The highest BCUT2D eigenvalue weighted by Crippen LogP contribution is 2.25. The van der Waals surface area contributed by atoms with Gasteiger partial charge < -0.3 is 9.64 Å². The zero-order valence-electron chi connectivity index (χ0n) is 13.4. The Hall–Kier alpha value is -2.47. The first-order valence-corrected chi connectivity index (χ1v) is 7.82. The highest BCUT2D eigenvalue weighted by Gasteiger charge is 2.15. The fourth-order valence-electron chi connectivity index (χ4n) is 3.02. The lowest BCUT2D eigenvalue weighted by molar-refractivity contribution is 0.122. The van der Waals surface area contributed by atoms with Gasteiger partial charge in [0.25, 0.3) is 0 Å². The summed E-state index contributed by atoms with van der Waals surface area (Å²) in [6.07, 6.45) is 1.83. The number of anilines is 1. The van der Waals surface area contributed by atoms with Crippen molar-refractivity contribution in [3.63, 3.8) is 0 Å². The molecule has 1 saturated heterocycles. The van der Waals surface area contributed by atoms with Gasteiger partial charge in [-0.25, -0.2) is 9.97 Å². The maximum absolute atomic E-state index is 5.39. The van der Waals surface area contributed by atoms with Crippen LogP contribution in [0.4, 0.5) is 5.95 Å². The Morgan fingerprint density at radius 3 is 2.78 bits per heavy atom. The van der Waals surface area contributed by atoms with Gasteiger partial charge in [-0.3, -0.25) is 4.68 Å². The molecule has 1 aliphatic heterocycles. The lowest BCUT2D eigenvalue weighted by atomic mass is 10.1. The molecule has 1 aromatic carbocycles. The Kier molecular flexibility index (Phi) is 3.46. The predicted molar refractivity (Wildman–Crippen MR) is 89.5 cm³/mol. The van der Waals surface area contributed by atoms with E-state index in [1.54, 1.807) is 0 Å². The van der Waals surface area contributed by atoms with Gasteiger partial charge in [0, 0.05) is 37.3 Å². The van der Waals surface area contributed by atoms with E-state index in [0.29, 0.717) is 0 Å². The van der Waals surface area contributed by atoms with E-state index in [0.717, 1.165) is 54.7 Å². The summed E-state index contributed by atoms with van der Waals surface area (Å²) in [6.45, 7) is 5.16. The first-order valence-electron chi connectivity index (χ1n) is 7.82. The van der Waals surface area contributed by atoms with Crippen molar-refractivity contribution in [2.45, 2.75) is 6.92 Å². The Bertz CT molecular complexity index is 851. The molecule has 0 aliphatic carbocycles. The van der Waals surface area contributed by atoms with E-state index in [-0.39, 0.29) is 0 Å². The van der Waals surface area contributed by atoms with Crippen LogP contribution in [0.1, 0.15) is 5.69 Å². The normalized spacial score (nSPS) is 15.3. The van der Waals surface area contributed by atoms with Gasteiger partial charge in [-0.1, -0.05) is 12.1 Å². The monoisotopic (exact) mass is 309 g/mol. The molecule has 0 unspecified atom stereocenters. The zero-order valence-corrected chi connectivity index (χ0v) is 13.4. The largest absolute Gasteiger partial charge is 0.378 e. The van der Waals surface area contributed by atoms with E-state index < -0.39 is 0 Å². The third-order valence-electron chi connectivity index (χ3n) is 4.27. The maximum Gasteiger partial charge on any atom is 0.226 e. The third-order valence-corrected chi connectivity index (χ3v) is 4.27. The van der Waals surface area contributed by atoms with E-state index >= 15 is 0 Å². The number of morpholine rings is 1. The van der Waals surface area contributed by atoms with Crippen molar-refractivity contribution in [1.29, 1.82) is 0 Å². The van der Waals surface area contributed by atoms with Crippen molar-refractivity contribution in [1.82, 2.24) is 19.7 Å². The van der Waals surface area contributed by atoms with Gasteiger partial charge >= 0.3 is 0 Å². The van der Waals surface area contributed by atoms with Crippen LogP contribution in [0.25, 0.3) is 22.2 Å². The summed E-state index contributed by atoms with van der Waals surface area (Å²) in [7, 11) is 1.97. The fourth-order valence-corrected chi connectivity index (χ4v) is 3.02. The van der Waals surface area contributed by atoms with Crippen molar-refractivity contribution >= 4 is 16.9 Å². The number of benzene rings is 1. The molecule has 6 nitrogen and oxygen atoms in total. The summed E-state index contributed by atoms with van der Waals surface area (Å²) in [5.41, 5.74) is 4.18. The lowest BCUT2D eigenvalue weighted by Crippen LogP contribution is -2.37. The van der Waals surface area contributed by atoms with E-state index in [1.165, 1.54) is 5.39 Å². The third kappa shape index (κ3) is 2.55. The minimum atomic E-state index is 0.730. The van der Waals surface area contributed by atoms with E-state index in [9.17, 15) is 0 Å². The molecule has 0 radical (unpaired) electrons. The lowest BCUT2D eigenvalue weighted by Gasteiger charge is -2.26. The molecule has 0 bridgehead atoms. The van der Waals surface area contributed by atoms with Crippen LogP contribution in [0.5, 0.6) is 0 Å². The molecule has 0 amide bonds. The summed E-state index contributed by atoms with van der Waals surface area (Å²) < 4.78 is 7.31. The number of hydrogen-bond donors (Lipinski definition) is 0. The highest BCUT2D eigenvalue weighted by atomic mass is 16.5. The number of fused-ring (bicyclic) bond motifs is 1. The molecule has 3 heterocycles. The molecule has 3 aromatic rings. The molecular weight excluding hydrogens is 290 g/mol. The molecule has 0 spiro atoms. The van der Waals surface area contributed by atoms with E-state index in [4.69, 9.17) is 9.72 Å². The average molecular weight is 309 g/mol. The number of ether oxygens (including phenoxy) is 1. The SMILES string of the molecule is Cc1nn(C)c2cc(-c3ccnc(N4CCOCC4)n3)ccc12. The predicted octanol–water partition coefficient (Wildman–Crippen LogP) is 2.18. The molecule has 0 saturated carbocycles. The Labute approximate surface area is 134 Å². The summed E-state index contributed by atoms with van der Waals surface area (Å²) in [6, 6.07) is 8.31. The number of aryl methyl sites for hydroxylation is 2. The first-order chi connectivity index (χ1) is 11.2. The van der Waals surface area contributed by atoms with Crippen LogP contribution in [-0.2, 0) is 11.8 Å². The van der Waals surface area contributed by atoms with Crippen LogP contribution in [-0.4, -0.2) is 46.1 Å². The van der Waals surface area contributed by atoms with Gasteiger partial charge in [0.05, 0.1) is 30.1 Å². The standard InChI is InChI=1S/C17H19N5O/c1-12-14-4-3-13(11-16(14)21(2)20-12)15-5-6-18-17(19-15)22-7-9-23-10-8-22/h3-6,11H,7-10H2,1-2H3. The van der Waals surface area contributed by atoms with Gasteiger partial charge in [-0.05, 0) is 19.1 Å². The maximum atomic E-state index is 5.39. The number of nitrogens with zero attached hydrogens (tertiary/aromatic N) is 5. The number of aromatic nitrogens is 4. The summed E-state index contributed by atoms with van der Waals surface area (Å²) in [5.74, 6) is 0.770. The number of rotatable bonds is 2. The van der Waals surface area contributed by atoms with Crippen molar-refractivity contribution < 1.29 is 4.74 Å². The molecule has 23 heavy (non-hydrogen) atoms. The average Bonchev–Trinajstić information content (AvgIpc) is 2.90. The van der Waals surface area contributed by atoms with Crippen molar-refractivity contribution in [2.24, 2.45) is 7.05 Å². The molecule has 0 N–H and O–H groups in total. The molecule has 4 rings (SSSR count). The van der Waals surface area contributed by atoms with Gasteiger partial charge in [0.15, 0.2) is 0 Å². The van der Waals surface area contributed by atoms with Gasteiger partial charge in [-0.2, -0.15) is 5.10 Å². The second kappa shape index (κ2) is 5.62. The zero-order chi connectivity index (χ0) is 15.8. The quantitative estimate of drug-likeness (QED) is 0.726. The van der Waals surface area contributed by atoms with Crippen LogP contribution >= 0.6 is 0 Å². The Balaban J connectivity index is 1.74. The van der Waals surface area contributed by atoms with Crippen LogP contribution in [0, 0.1) is 6.92 Å². The molecule has 0 atom stereocenters. The van der Waals surface area contributed by atoms with Crippen molar-refractivity contribution in [2.75, 3.05) is 31.2 Å². The Morgan fingerprint density at radius 2 is 1.96 bits per heavy atom. The van der Waals surface area contributed by atoms with Gasteiger partial charge in [0.1, 0.15) is 0 Å². The second-order valence-corrected chi connectivity index (χ2v) is 5.78. The van der Waals surface area contributed by atoms with Crippen molar-refractivity contribution in [3.8, 4) is 11.3 Å². The summed E-state index contributed by atoms with van der Waals surface area (Å²) >= 11 is 0. The van der Waals surface area contributed by atoms with Crippen molar-refractivity contribution in [3.05, 3.63) is 36.2 Å². The minimum Gasteiger partial charge on any atom is -0.378 e. The molecule has 118 valence electrons. The smallest absolute Gasteiger partial charge is 0.226 e. The van der Waals surface area contributed by atoms with Gasteiger partial charge in [0.2, 0.25) is 5.95 Å². The van der Waals surface area contributed by atoms with Gasteiger partial charge in [-0.15, -0.1) is 0 Å². The fraction of sp³-hybridized carbons (Fsp3) is 0.353.